The molecule has 3 aromatic carbocycles. The highest BCUT2D eigenvalue weighted by atomic mass is 35.5. The van der Waals surface area contributed by atoms with Crippen LogP contribution in [0.3, 0.4) is 0 Å². The topological polar surface area (TPSA) is 86.8 Å². The summed E-state index contributed by atoms with van der Waals surface area (Å²) in [5.74, 6) is -1.42. The minimum Gasteiger partial charge on any atom is -0.357 e. The molecule has 1 N–H and O–H groups in total. The first kappa shape index (κ1) is 29.1. The molecule has 0 aromatic heterocycles. The number of likely N-dealkylation sites (N-methyl/N-ethyl adjacent to an activating group) is 1. The van der Waals surface area contributed by atoms with E-state index in [1.54, 1.807) is 38.1 Å². The molecule has 0 saturated carbocycles. The second-order valence-electron chi connectivity index (χ2n) is 8.94. The van der Waals surface area contributed by atoms with Crippen molar-refractivity contribution in [1.29, 1.82) is 0 Å². The number of carbonyl (C=O) groups is 2. The van der Waals surface area contributed by atoms with Crippen molar-refractivity contribution in [2.75, 3.05) is 17.9 Å². The summed E-state index contributed by atoms with van der Waals surface area (Å²) in [6, 6.07) is 15.8. The number of nitrogens with one attached hydrogen (secondary N) is 1. The quantitative estimate of drug-likeness (QED) is 0.385. The number of aryl methyl sites for hydroxylation is 2. The zero-order chi connectivity index (χ0) is 28.0. The van der Waals surface area contributed by atoms with Crippen LogP contribution >= 0.6 is 11.6 Å². The first-order chi connectivity index (χ1) is 18.0. The van der Waals surface area contributed by atoms with Gasteiger partial charge in [-0.15, -0.1) is 0 Å². The van der Waals surface area contributed by atoms with Gasteiger partial charge in [0.25, 0.3) is 10.0 Å². The Kier molecular flexibility index (Phi) is 9.51. The molecule has 2 amide bonds. The van der Waals surface area contributed by atoms with Crippen molar-refractivity contribution in [3.63, 3.8) is 0 Å². The summed E-state index contributed by atoms with van der Waals surface area (Å²) in [4.78, 5) is 27.9. The van der Waals surface area contributed by atoms with Gasteiger partial charge in [0.1, 0.15) is 18.4 Å². The smallest absolute Gasteiger partial charge is 0.264 e. The number of carbonyl (C=O) groups excluding carboxylic acids is 2. The summed E-state index contributed by atoms with van der Waals surface area (Å²) >= 11 is 6.23. The van der Waals surface area contributed by atoms with Crippen molar-refractivity contribution in [2.45, 2.75) is 44.7 Å². The van der Waals surface area contributed by atoms with Crippen molar-refractivity contribution in [3.05, 3.63) is 94.3 Å². The first-order valence-electron chi connectivity index (χ1n) is 12.1. The normalized spacial score (nSPS) is 12.1. The lowest BCUT2D eigenvalue weighted by Crippen LogP contribution is -2.51. The second kappa shape index (κ2) is 12.4. The lowest BCUT2D eigenvalue weighted by molar-refractivity contribution is -0.140. The highest BCUT2D eigenvalue weighted by Crippen LogP contribution is 2.30. The van der Waals surface area contributed by atoms with E-state index in [-0.39, 0.29) is 23.5 Å². The van der Waals surface area contributed by atoms with Gasteiger partial charge < -0.3 is 10.2 Å². The molecule has 0 fully saturated rings. The molecule has 0 heterocycles. The molecule has 3 aromatic rings. The van der Waals surface area contributed by atoms with E-state index in [1.165, 1.54) is 54.4 Å². The lowest BCUT2D eigenvalue weighted by atomic mass is 10.1. The number of halogens is 2. The zero-order valence-electron chi connectivity index (χ0n) is 21.7. The van der Waals surface area contributed by atoms with Crippen LogP contribution < -0.4 is 9.62 Å². The van der Waals surface area contributed by atoms with Crippen LogP contribution in [-0.4, -0.2) is 44.8 Å². The van der Waals surface area contributed by atoms with Crippen molar-refractivity contribution >= 4 is 39.1 Å². The number of hydrogen-bond acceptors (Lipinski definition) is 4. The van der Waals surface area contributed by atoms with E-state index in [2.05, 4.69) is 5.32 Å². The van der Waals surface area contributed by atoms with E-state index in [0.29, 0.717) is 16.1 Å². The number of anilines is 1. The molecule has 0 aliphatic rings. The standard InChI is InChI=1S/C28H31ClFN3O4S/c1-5-25(28(35)31-4)32(17-21-9-12-23(30)13-10-21)27(34)18-33(26-16-22(29)11-8-20(26)3)38(36,37)24-14-6-19(2)7-15-24/h6-16,25H,5,17-18H2,1-4H3,(H,31,35)/t25-/m1/s1. The Morgan fingerprint density at radius 2 is 1.63 bits per heavy atom. The van der Waals surface area contributed by atoms with Crippen molar-refractivity contribution < 1.29 is 22.4 Å². The first-order valence-corrected chi connectivity index (χ1v) is 13.9. The van der Waals surface area contributed by atoms with Gasteiger partial charge in [-0.2, -0.15) is 0 Å². The average Bonchev–Trinajstić information content (AvgIpc) is 2.89. The number of hydrogen-bond donors (Lipinski definition) is 1. The molecule has 0 saturated heterocycles. The molecule has 7 nitrogen and oxygen atoms in total. The van der Waals surface area contributed by atoms with Gasteiger partial charge in [-0.05, 0) is 67.8 Å². The average molecular weight is 560 g/mol. The maximum Gasteiger partial charge on any atom is 0.264 e. The number of amides is 2. The van der Waals surface area contributed by atoms with Crippen LogP contribution in [-0.2, 0) is 26.2 Å². The van der Waals surface area contributed by atoms with Gasteiger partial charge in [0.15, 0.2) is 0 Å². The van der Waals surface area contributed by atoms with Gasteiger partial charge in [-0.3, -0.25) is 13.9 Å². The summed E-state index contributed by atoms with van der Waals surface area (Å²) in [6.07, 6.45) is 0.285. The predicted molar refractivity (Wildman–Crippen MR) is 147 cm³/mol. The SMILES string of the molecule is CC[C@H](C(=O)NC)N(Cc1ccc(F)cc1)C(=O)CN(c1cc(Cl)ccc1C)S(=O)(=O)c1ccc(C)cc1. The molecule has 0 aliphatic heterocycles. The summed E-state index contributed by atoms with van der Waals surface area (Å²) < 4.78 is 42.3. The van der Waals surface area contributed by atoms with E-state index < -0.39 is 40.2 Å². The van der Waals surface area contributed by atoms with Crippen molar-refractivity contribution in [3.8, 4) is 0 Å². The Labute approximate surface area is 228 Å². The Bertz CT molecular complexity index is 1400. The summed E-state index contributed by atoms with van der Waals surface area (Å²) in [6.45, 7) is 4.73. The molecule has 38 heavy (non-hydrogen) atoms. The third-order valence-electron chi connectivity index (χ3n) is 6.23. The zero-order valence-corrected chi connectivity index (χ0v) is 23.3. The summed E-state index contributed by atoms with van der Waals surface area (Å²) in [5, 5.41) is 2.87. The van der Waals surface area contributed by atoms with E-state index >= 15 is 0 Å². The fourth-order valence-electron chi connectivity index (χ4n) is 4.07. The molecule has 202 valence electrons. The van der Waals surface area contributed by atoms with E-state index in [1.807, 2.05) is 6.92 Å². The maximum absolute atomic E-state index is 13.9. The number of sulfonamides is 1. The highest BCUT2D eigenvalue weighted by Gasteiger charge is 2.34. The van der Waals surface area contributed by atoms with E-state index in [0.717, 1.165) is 9.87 Å². The Hall–Kier alpha value is -3.43. The Morgan fingerprint density at radius 3 is 2.21 bits per heavy atom. The molecule has 1 atom stereocenters. The van der Waals surface area contributed by atoms with Gasteiger partial charge in [0.2, 0.25) is 11.8 Å². The van der Waals surface area contributed by atoms with Crippen molar-refractivity contribution in [1.82, 2.24) is 10.2 Å². The third-order valence-corrected chi connectivity index (χ3v) is 8.24. The molecule has 10 heteroatoms. The maximum atomic E-state index is 13.9. The summed E-state index contributed by atoms with van der Waals surface area (Å²) in [7, 11) is -2.73. The molecular weight excluding hydrogens is 529 g/mol. The molecule has 0 radical (unpaired) electrons. The fourth-order valence-corrected chi connectivity index (χ4v) is 5.71. The van der Waals surface area contributed by atoms with E-state index in [9.17, 15) is 22.4 Å². The number of rotatable bonds is 10. The van der Waals surface area contributed by atoms with Crippen LogP contribution in [0.5, 0.6) is 0 Å². The highest BCUT2D eigenvalue weighted by molar-refractivity contribution is 7.92. The Balaban J connectivity index is 2.10. The molecule has 0 spiro atoms. The largest absolute Gasteiger partial charge is 0.357 e. The second-order valence-corrected chi connectivity index (χ2v) is 11.2. The molecule has 0 bridgehead atoms. The monoisotopic (exact) mass is 559 g/mol. The van der Waals surface area contributed by atoms with Gasteiger partial charge in [0.05, 0.1) is 10.6 Å². The molecule has 0 unspecified atom stereocenters. The van der Waals surface area contributed by atoms with Crippen LogP contribution in [0.2, 0.25) is 5.02 Å². The molecular formula is C28H31ClFN3O4S. The predicted octanol–water partition coefficient (Wildman–Crippen LogP) is 4.84. The Morgan fingerprint density at radius 1 is 1.00 bits per heavy atom. The minimum atomic E-state index is -4.20. The van der Waals surface area contributed by atoms with Gasteiger partial charge in [-0.25, -0.2) is 12.8 Å². The van der Waals surface area contributed by atoms with Gasteiger partial charge in [-0.1, -0.05) is 54.4 Å². The third kappa shape index (κ3) is 6.71. The minimum absolute atomic E-state index is 0.0127. The van der Waals surface area contributed by atoms with Crippen molar-refractivity contribution in [2.24, 2.45) is 0 Å². The van der Waals surface area contributed by atoms with Crippen LogP contribution in [0.25, 0.3) is 0 Å². The summed E-state index contributed by atoms with van der Waals surface area (Å²) in [5.41, 5.74) is 2.32. The molecule has 0 aliphatic carbocycles. The fraction of sp³-hybridized carbons (Fsp3) is 0.286. The van der Waals surface area contributed by atoms with Crippen LogP contribution in [0.15, 0.2) is 71.6 Å². The lowest BCUT2D eigenvalue weighted by Gasteiger charge is -2.33. The van der Waals surface area contributed by atoms with Gasteiger partial charge in [0, 0.05) is 18.6 Å². The molecule has 3 rings (SSSR count). The van der Waals surface area contributed by atoms with E-state index in [4.69, 9.17) is 11.6 Å². The van der Waals surface area contributed by atoms with Crippen LogP contribution in [0.4, 0.5) is 10.1 Å². The van der Waals surface area contributed by atoms with Gasteiger partial charge >= 0.3 is 0 Å². The van der Waals surface area contributed by atoms with Crippen LogP contribution in [0, 0.1) is 19.7 Å². The van der Waals surface area contributed by atoms with Crippen LogP contribution in [0.1, 0.15) is 30.0 Å². The number of nitrogens with zero attached hydrogens (tertiary/aromatic N) is 2. The number of benzene rings is 3.